The van der Waals surface area contributed by atoms with Crippen LogP contribution in [0, 0.1) is 4.77 Å². The monoisotopic (exact) mass is 187 g/mol. The molecule has 1 unspecified atom stereocenters. The van der Waals surface area contributed by atoms with E-state index in [0.29, 0.717) is 4.77 Å². The molecule has 12 heavy (non-hydrogen) atoms. The number of rotatable bonds is 4. The van der Waals surface area contributed by atoms with Crippen LogP contribution in [0.2, 0.25) is 0 Å². The van der Waals surface area contributed by atoms with Crippen molar-refractivity contribution < 1.29 is 5.11 Å². The van der Waals surface area contributed by atoms with Crippen molar-refractivity contribution >= 4 is 12.2 Å². The lowest BCUT2D eigenvalue weighted by Gasteiger charge is -2.10. The molecule has 1 heterocycles. The van der Waals surface area contributed by atoms with Crippen molar-refractivity contribution in [2.75, 3.05) is 13.7 Å². The molecule has 1 aromatic heterocycles. The van der Waals surface area contributed by atoms with E-state index in [1.165, 1.54) is 0 Å². The molecule has 0 saturated carbocycles. The highest BCUT2D eigenvalue weighted by Gasteiger charge is 2.05. The lowest BCUT2D eigenvalue weighted by Crippen LogP contribution is -2.31. The number of aromatic amines is 2. The molecule has 0 spiro atoms. The number of H-pyrrole nitrogens is 2. The number of aromatic nitrogens is 2. The molecule has 0 bridgehead atoms. The van der Waals surface area contributed by atoms with Gasteiger partial charge >= 0.3 is 0 Å². The van der Waals surface area contributed by atoms with Crippen molar-refractivity contribution in [2.24, 2.45) is 0 Å². The molecule has 0 aliphatic carbocycles. The highest BCUT2D eigenvalue weighted by Crippen LogP contribution is 1.97. The minimum atomic E-state index is 0.0893. The standard InChI is InChI=1S/C7H13N3OS/c1-8-6(4-11)2-5-3-9-7(12)10-5/h3,6,8,11H,2,4H2,1H3,(H2,9,10,12). The third-order valence-corrected chi connectivity index (χ3v) is 1.97. The second-order valence-corrected chi connectivity index (χ2v) is 3.05. The van der Waals surface area contributed by atoms with Crippen molar-refractivity contribution in [1.82, 2.24) is 15.3 Å². The zero-order valence-electron chi connectivity index (χ0n) is 6.92. The van der Waals surface area contributed by atoms with Gasteiger partial charge in [-0.2, -0.15) is 0 Å². The van der Waals surface area contributed by atoms with Crippen molar-refractivity contribution in [3.63, 3.8) is 0 Å². The van der Waals surface area contributed by atoms with Crippen molar-refractivity contribution in [3.05, 3.63) is 16.7 Å². The molecule has 0 aliphatic rings. The molecule has 4 N–H and O–H groups in total. The van der Waals surface area contributed by atoms with Gasteiger partial charge in [0.25, 0.3) is 0 Å². The Morgan fingerprint density at radius 2 is 2.50 bits per heavy atom. The Bertz CT molecular complexity index is 276. The average molecular weight is 187 g/mol. The van der Waals surface area contributed by atoms with Crippen molar-refractivity contribution in [3.8, 4) is 0 Å². The fraction of sp³-hybridized carbons (Fsp3) is 0.571. The molecule has 0 aliphatic heterocycles. The summed E-state index contributed by atoms with van der Waals surface area (Å²) in [6.07, 6.45) is 2.57. The fourth-order valence-electron chi connectivity index (χ4n) is 1.00. The molecule has 0 saturated heterocycles. The Hall–Kier alpha value is -0.650. The summed E-state index contributed by atoms with van der Waals surface area (Å²) in [5.41, 5.74) is 1.01. The van der Waals surface area contributed by atoms with E-state index in [1.807, 2.05) is 13.2 Å². The predicted molar refractivity (Wildman–Crippen MR) is 49.6 cm³/mol. The molecule has 0 amide bonds. The molecule has 1 atom stereocenters. The summed E-state index contributed by atoms with van der Waals surface area (Å²) in [5, 5.41) is 11.9. The topological polar surface area (TPSA) is 63.8 Å². The van der Waals surface area contributed by atoms with Crippen LogP contribution in [0.1, 0.15) is 5.69 Å². The number of imidazole rings is 1. The summed E-state index contributed by atoms with van der Waals surface area (Å²) in [7, 11) is 1.82. The van der Waals surface area contributed by atoms with Gasteiger partial charge in [0.15, 0.2) is 4.77 Å². The van der Waals surface area contributed by atoms with E-state index in [9.17, 15) is 0 Å². The quantitative estimate of drug-likeness (QED) is 0.509. The summed E-state index contributed by atoms with van der Waals surface area (Å²) >= 11 is 4.86. The maximum Gasteiger partial charge on any atom is 0.174 e. The van der Waals surface area contributed by atoms with Crippen LogP contribution in [-0.4, -0.2) is 34.8 Å². The zero-order valence-corrected chi connectivity index (χ0v) is 7.74. The van der Waals surface area contributed by atoms with Gasteiger partial charge in [-0.25, -0.2) is 0 Å². The van der Waals surface area contributed by atoms with Crippen LogP contribution in [-0.2, 0) is 6.42 Å². The third kappa shape index (κ3) is 2.44. The summed E-state index contributed by atoms with van der Waals surface area (Å²) < 4.78 is 0.623. The molecular weight excluding hydrogens is 174 g/mol. The van der Waals surface area contributed by atoms with Gasteiger partial charge in [-0.1, -0.05) is 0 Å². The van der Waals surface area contributed by atoms with Crippen LogP contribution in [0.4, 0.5) is 0 Å². The molecule has 68 valence electrons. The van der Waals surface area contributed by atoms with Gasteiger partial charge in [0.1, 0.15) is 0 Å². The smallest absolute Gasteiger partial charge is 0.174 e. The molecule has 4 nitrogen and oxygen atoms in total. The van der Waals surface area contributed by atoms with Crippen LogP contribution < -0.4 is 5.32 Å². The van der Waals surface area contributed by atoms with Gasteiger partial charge in [0.2, 0.25) is 0 Å². The SMILES string of the molecule is CNC(CO)Cc1c[nH]c(=S)[nH]1. The Balaban J connectivity index is 2.56. The maximum atomic E-state index is 8.88. The number of nitrogens with one attached hydrogen (secondary N) is 3. The summed E-state index contributed by atoms with van der Waals surface area (Å²) in [5.74, 6) is 0. The Labute approximate surface area is 76.0 Å². The summed E-state index contributed by atoms with van der Waals surface area (Å²) in [6.45, 7) is 0.127. The normalized spacial score (nSPS) is 13.2. The molecule has 5 heteroatoms. The first-order valence-electron chi connectivity index (χ1n) is 3.81. The van der Waals surface area contributed by atoms with Crippen LogP contribution >= 0.6 is 12.2 Å². The molecule has 1 aromatic rings. The molecular formula is C7H13N3OS. The molecule has 0 radical (unpaired) electrons. The van der Waals surface area contributed by atoms with E-state index in [1.54, 1.807) is 0 Å². The van der Waals surface area contributed by atoms with E-state index in [0.717, 1.165) is 12.1 Å². The third-order valence-electron chi connectivity index (χ3n) is 1.75. The van der Waals surface area contributed by atoms with E-state index in [-0.39, 0.29) is 12.6 Å². The van der Waals surface area contributed by atoms with Crippen LogP contribution in [0.25, 0.3) is 0 Å². The highest BCUT2D eigenvalue weighted by molar-refractivity contribution is 7.71. The Morgan fingerprint density at radius 1 is 1.75 bits per heavy atom. The molecule has 1 rings (SSSR count). The lowest BCUT2D eigenvalue weighted by atomic mass is 10.2. The molecule has 0 aromatic carbocycles. The van der Waals surface area contributed by atoms with Crippen molar-refractivity contribution in [2.45, 2.75) is 12.5 Å². The Morgan fingerprint density at radius 3 is 2.92 bits per heavy atom. The average Bonchev–Trinajstić information content (AvgIpc) is 2.47. The first-order chi connectivity index (χ1) is 5.76. The first kappa shape index (κ1) is 9.44. The second-order valence-electron chi connectivity index (χ2n) is 2.64. The minimum Gasteiger partial charge on any atom is -0.395 e. The number of likely N-dealkylation sites (N-methyl/N-ethyl adjacent to an activating group) is 1. The minimum absolute atomic E-state index is 0.0893. The van der Waals surface area contributed by atoms with E-state index in [2.05, 4.69) is 15.3 Å². The van der Waals surface area contributed by atoms with E-state index < -0.39 is 0 Å². The zero-order chi connectivity index (χ0) is 8.97. The van der Waals surface area contributed by atoms with Crippen LogP contribution in [0.15, 0.2) is 6.20 Å². The van der Waals surface area contributed by atoms with Gasteiger partial charge in [-0.15, -0.1) is 0 Å². The van der Waals surface area contributed by atoms with Crippen LogP contribution in [0.3, 0.4) is 0 Å². The predicted octanol–water partition coefficient (Wildman–Crippen LogP) is 0.195. The molecule has 0 fully saturated rings. The fourth-order valence-corrected chi connectivity index (χ4v) is 1.19. The largest absolute Gasteiger partial charge is 0.395 e. The van der Waals surface area contributed by atoms with Gasteiger partial charge in [0, 0.05) is 24.4 Å². The first-order valence-corrected chi connectivity index (χ1v) is 4.21. The number of aliphatic hydroxyl groups is 1. The highest BCUT2D eigenvalue weighted by atomic mass is 32.1. The summed E-state index contributed by atoms with van der Waals surface area (Å²) in [4.78, 5) is 5.86. The van der Waals surface area contributed by atoms with Crippen molar-refractivity contribution in [1.29, 1.82) is 0 Å². The summed E-state index contributed by atoms with van der Waals surface area (Å²) in [6, 6.07) is 0.0893. The van der Waals surface area contributed by atoms with Gasteiger partial charge in [-0.05, 0) is 19.3 Å². The maximum absolute atomic E-state index is 8.88. The number of hydrogen-bond acceptors (Lipinski definition) is 3. The Kier molecular flexibility index (Phi) is 3.46. The second kappa shape index (κ2) is 4.39. The van der Waals surface area contributed by atoms with Crippen LogP contribution in [0.5, 0.6) is 0 Å². The number of aliphatic hydroxyl groups excluding tert-OH is 1. The van der Waals surface area contributed by atoms with E-state index >= 15 is 0 Å². The van der Waals surface area contributed by atoms with Gasteiger partial charge in [0.05, 0.1) is 6.61 Å². The van der Waals surface area contributed by atoms with Gasteiger partial charge < -0.3 is 20.4 Å². The number of hydrogen-bond donors (Lipinski definition) is 4. The lowest BCUT2D eigenvalue weighted by molar-refractivity contribution is 0.247. The van der Waals surface area contributed by atoms with Gasteiger partial charge in [-0.3, -0.25) is 0 Å². The van der Waals surface area contributed by atoms with E-state index in [4.69, 9.17) is 17.3 Å².